The van der Waals surface area contributed by atoms with E-state index in [0.29, 0.717) is 38.3 Å². The number of rotatable bonds is 3. The zero-order chi connectivity index (χ0) is 18.8. The molecule has 0 aliphatic carbocycles. The van der Waals surface area contributed by atoms with E-state index in [-0.39, 0.29) is 17.9 Å². The van der Waals surface area contributed by atoms with E-state index in [4.69, 9.17) is 4.74 Å². The zero-order valence-electron chi connectivity index (χ0n) is 15.6. The molecule has 1 atom stereocenters. The van der Waals surface area contributed by atoms with E-state index in [2.05, 4.69) is 25.1 Å². The topological polar surface area (TPSA) is 49.9 Å². The van der Waals surface area contributed by atoms with Gasteiger partial charge in [-0.15, -0.1) is 0 Å². The molecule has 27 heavy (non-hydrogen) atoms. The molecular formula is C22H24N2O3. The Bertz CT molecular complexity index is 835. The van der Waals surface area contributed by atoms with Gasteiger partial charge in [-0.3, -0.25) is 9.59 Å². The standard InChI is InChI=1S/C22H24N2O3/c1-16-3-2-4-19(15-16)17-5-7-18(8-6-17)21(25)23-10-12-24(13-11-23)22(26)20-9-14-27-20/h2-8,15,20H,9-14H2,1H3. The normalized spacial score (nSPS) is 19.5. The lowest BCUT2D eigenvalue weighted by Gasteiger charge is -2.38. The highest BCUT2D eigenvalue weighted by Gasteiger charge is 2.33. The molecule has 2 fully saturated rings. The van der Waals surface area contributed by atoms with Crippen molar-refractivity contribution in [2.24, 2.45) is 0 Å². The van der Waals surface area contributed by atoms with Crippen LogP contribution in [-0.4, -0.2) is 60.5 Å². The van der Waals surface area contributed by atoms with E-state index < -0.39 is 0 Å². The van der Waals surface area contributed by atoms with Crippen LogP contribution in [-0.2, 0) is 9.53 Å². The molecule has 0 radical (unpaired) electrons. The van der Waals surface area contributed by atoms with Crippen molar-refractivity contribution in [2.75, 3.05) is 32.8 Å². The summed E-state index contributed by atoms with van der Waals surface area (Å²) in [6, 6.07) is 16.1. The number of hydrogen-bond acceptors (Lipinski definition) is 3. The molecule has 2 aliphatic rings. The number of nitrogens with zero attached hydrogens (tertiary/aromatic N) is 2. The van der Waals surface area contributed by atoms with Crippen molar-refractivity contribution in [1.29, 1.82) is 0 Å². The maximum Gasteiger partial charge on any atom is 0.253 e. The maximum absolute atomic E-state index is 12.8. The minimum Gasteiger partial charge on any atom is -0.368 e. The summed E-state index contributed by atoms with van der Waals surface area (Å²) in [4.78, 5) is 28.6. The van der Waals surface area contributed by atoms with Gasteiger partial charge in [-0.1, -0.05) is 42.0 Å². The van der Waals surface area contributed by atoms with E-state index in [0.717, 1.165) is 17.5 Å². The van der Waals surface area contributed by atoms with Crippen LogP contribution >= 0.6 is 0 Å². The second-order valence-electron chi connectivity index (χ2n) is 7.21. The van der Waals surface area contributed by atoms with Crippen LogP contribution in [0.15, 0.2) is 48.5 Å². The summed E-state index contributed by atoms with van der Waals surface area (Å²) in [6.07, 6.45) is 0.548. The van der Waals surface area contributed by atoms with Gasteiger partial charge in [0.25, 0.3) is 11.8 Å². The van der Waals surface area contributed by atoms with Gasteiger partial charge in [-0.25, -0.2) is 0 Å². The van der Waals surface area contributed by atoms with Crippen molar-refractivity contribution in [1.82, 2.24) is 9.80 Å². The Kier molecular flexibility index (Phi) is 4.94. The van der Waals surface area contributed by atoms with Crippen LogP contribution in [0, 0.1) is 6.92 Å². The molecule has 2 saturated heterocycles. The largest absolute Gasteiger partial charge is 0.368 e. The van der Waals surface area contributed by atoms with Crippen LogP contribution in [0.2, 0.25) is 0 Å². The average Bonchev–Trinajstić information content (AvgIpc) is 2.66. The van der Waals surface area contributed by atoms with Gasteiger partial charge in [0.1, 0.15) is 6.10 Å². The van der Waals surface area contributed by atoms with Crippen molar-refractivity contribution >= 4 is 11.8 Å². The number of aryl methyl sites for hydroxylation is 1. The highest BCUT2D eigenvalue weighted by molar-refractivity contribution is 5.95. The molecule has 2 amide bonds. The van der Waals surface area contributed by atoms with Crippen LogP contribution in [0.5, 0.6) is 0 Å². The number of benzene rings is 2. The molecule has 0 spiro atoms. The molecule has 1 unspecified atom stereocenters. The molecule has 0 bridgehead atoms. The summed E-state index contributed by atoms with van der Waals surface area (Å²) in [5, 5.41) is 0. The third-order valence-electron chi connectivity index (χ3n) is 5.34. The van der Waals surface area contributed by atoms with E-state index in [1.807, 2.05) is 40.1 Å². The van der Waals surface area contributed by atoms with Crippen molar-refractivity contribution in [3.8, 4) is 11.1 Å². The number of ether oxygens (including phenoxy) is 1. The van der Waals surface area contributed by atoms with E-state index >= 15 is 0 Å². The highest BCUT2D eigenvalue weighted by atomic mass is 16.5. The first-order valence-corrected chi connectivity index (χ1v) is 9.48. The molecule has 2 aliphatic heterocycles. The highest BCUT2D eigenvalue weighted by Crippen LogP contribution is 2.22. The summed E-state index contributed by atoms with van der Waals surface area (Å²) < 4.78 is 5.27. The molecule has 0 aromatic heterocycles. The molecule has 0 saturated carbocycles. The van der Waals surface area contributed by atoms with Crippen LogP contribution < -0.4 is 0 Å². The lowest BCUT2D eigenvalue weighted by atomic mass is 10.0. The summed E-state index contributed by atoms with van der Waals surface area (Å²) in [6.45, 7) is 5.03. The third kappa shape index (κ3) is 3.74. The maximum atomic E-state index is 12.8. The first kappa shape index (κ1) is 17.7. The van der Waals surface area contributed by atoms with Gasteiger partial charge in [0.05, 0.1) is 6.61 Å². The van der Waals surface area contributed by atoms with Crippen LogP contribution in [0.4, 0.5) is 0 Å². The summed E-state index contributed by atoms with van der Waals surface area (Å²) in [7, 11) is 0. The SMILES string of the molecule is Cc1cccc(-c2ccc(C(=O)N3CCN(C(=O)C4CCO4)CC3)cc2)c1. The summed E-state index contributed by atoms with van der Waals surface area (Å²) in [5.74, 6) is 0.0913. The van der Waals surface area contributed by atoms with Gasteiger partial charge in [-0.2, -0.15) is 0 Å². The van der Waals surface area contributed by atoms with Crippen molar-refractivity contribution in [2.45, 2.75) is 19.4 Å². The van der Waals surface area contributed by atoms with E-state index in [1.165, 1.54) is 5.56 Å². The van der Waals surface area contributed by atoms with Crippen molar-refractivity contribution < 1.29 is 14.3 Å². The first-order valence-electron chi connectivity index (χ1n) is 9.48. The number of carbonyl (C=O) groups is 2. The molecule has 2 heterocycles. The Morgan fingerprint density at radius 2 is 1.59 bits per heavy atom. The second-order valence-corrected chi connectivity index (χ2v) is 7.21. The molecule has 0 N–H and O–H groups in total. The molecule has 2 aromatic rings. The number of piperazine rings is 1. The van der Waals surface area contributed by atoms with Crippen molar-refractivity contribution in [3.63, 3.8) is 0 Å². The van der Waals surface area contributed by atoms with Gasteiger partial charge < -0.3 is 14.5 Å². The predicted molar refractivity (Wildman–Crippen MR) is 103 cm³/mol. The fraction of sp³-hybridized carbons (Fsp3) is 0.364. The second kappa shape index (κ2) is 7.53. The first-order chi connectivity index (χ1) is 13.1. The lowest BCUT2D eigenvalue weighted by molar-refractivity contribution is -0.157. The predicted octanol–water partition coefficient (Wildman–Crippen LogP) is 2.74. The minimum absolute atomic E-state index is 0.0257. The van der Waals surface area contributed by atoms with E-state index in [9.17, 15) is 9.59 Å². The van der Waals surface area contributed by atoms with Gasteiger partial charge in [0, 0.05) is 38.2 Å². The molecule has 2 aromatic carbocycles. The van der Waals surface area contributed by atoms with Gasteiger partial charge in [-0.05, 0) is 30.2 Å². The fourth-order valence-electron chi connectivity index (χ4n) is 3.58. The number of hydrogen-bond donors (Lipinski definition) is 0. The Hall–Kier alpha value is -2.66. The van der Waals surface area contributed by atoms with Gasteiger partial charge >= 0.3 is 0 Å². The lowest BCUT2D eigenvalue weighted by Crippen LogP contribution is -2.54. The minimum atomic E-state index is -0.263. The Balaban J connectivity index is 1.38. The third-order valence-corrected chi connectivity index (χ3v) is 5.34. The fourth-order valence-corrected chi connectivity index (χ4v) is 3.58. The Morgan fingerprint density at radius 1 is 0.926 bits per heavy atom. The number of amides is 2. The van der Waals surface area contributed by atoms with E-state index in [1.54, 1.807) is 0 Å². The molecule has 5 nitrogen and oxygen atoms in total. The smallest absolute Gasteiger partial charge is 0.253 e. The Morgan fingerprint density at radius 3 is 2.19 bits per heavy atom. The van der Waals surface area contributed by atoms with Crippen LogP contribution in [0.1, 0.15) is 22.3 Å². The molecule has 140 valence electrons. The van der Waals surface area contributed by atoms with Gasteiger partial charge in [0.15, 0.2) is 0 Å². The molecular weight excluding hydrogens is 340 g/mol. The van der Waals surface area contributed by atoms with Crippen LogP contribution in [0.25, 0.3) is 11.1 Å². The average molecular weight is 364 g/mol. The summed E-state index contributed by atoms with van der Waals surface area (Å²) >= 11 is 0. The number of carbonyl (C=O) groups excluding carboxylic acids is 2. The molecule has 4 rings (SSSR count). The molecule has 5 heteroatoms. The quantitative estimate of drug-likeness (QED) is 0.841. The van der Waals surface area contributed by atoms with Crippen molar-refractivity contribution in [3.05, 3.63) is 59.7 Å². The summed E-state index contributed by atoms with van der Waals surface area (Å²) in [5.41, 5.74) is 4.16. The van der Waals surface area contributed by atoms with Gasteiger partial charge in [0.2, 0.25) is 0 Å². The monoisotopic (exact) mass is 364 g/mol. The zero-order valence-corrected chi connectivity index (χ0v) is 15.6. The Labute approximate surface area is 159 Å². The van der Waals surface area contributed by atoms with Crippen LogP contribution in [0.3, 0.4) is 0 Å².